The Morgan fingerprint density at radius 1 is 0.800 bits per heavy atom. The van der Waals surface area contributed by atoms with E-state index in [4.69, 9.17) is 0 Å². The molecule has 0 aliphatic heterocycles. The molecule has 0 aliphatic carbocycles. The van der Waals surface area contributed by atoms with Crippen molar-refractivity contribution in [2.24, 2.45) is 0 Å². The van der Waals surface area contributed by atoms with Gasteiger partial charge in [-0.1, -0.05) is 66.7 Å². The van der Waals surface area contributed by atoms with Crippen molar-refractivity contribution in [3.05, 3.63) is 119 Å². The quantitative estimate of drug-likeness (QED) is 0.340. The number of carbonyl (C=O) groups excluding carboxylic acids is 1. The van der Waals surface area contributed by atoms with E-state index < -0.39 is 10.0 Å². The summed E-state index contributed by atoms with van der Waals surface area (Å²) in [6, 6.07) is 30.2. The monoisotopic (exact) mass is 484 g/mol. The van der Waals surface area contributed by atoms with Crippen molar-refractivity contribution in [1.29, 1.82) is 0 Å². The summed E-state index contributed by atoms with van der Waals surface area (Å²) >= 11 is 0. The first kappa shape index (κ1) is 24.2. The van der Waals surface area contributed by atoms with Gasteiger partial charge < -0.3 is 5.32 Å². The molecule has 0 aliphatic rings. The van der Waals surface area contributed by atoms with Gasteiger partial charge in [0, 0.05) is 11.3 Å². The molecule has 6 heteroatoms. The Balaban J connectivity index is 1.52. The average molecular weight is 485 g/mol. The van der Waals surface area contributed by atoms with Gasteiger partial charge in [-0.15, -0.1) is 0 Å². The molecule has 0 fully saturated rings. The van der Waals surface area contributed by atoms with Gasteiger partial charge in [-0.25, -0.2) is 8.42 Å². The topological polar surface area (TPSA) is 66.5 Å². The van der Waals surface area contributed by atoms with Crippen molar-refractivity contribution in [1.82, 2.24) is 0 Å². The van der Waals surface area contributed by atoms with Crippen molar-refractivity contribution in [2.75, 3.05) is 15.9 Å². The largest absolute Gasteiger partial charge is 0.322 e. The molecule has 4 aromatic rings. The van der Waals surface area contributed by atoms with E-state index in [0.29, 0.717) is 16.9 Å². The molecular formula is C29H28N2O3S. The van der Waals surface area contributed by atoms with Crippen LogP contribution in [0.3, 0.4) is 0 Å². The summed E-state index contributed by atoms with van der Waals surface area (Å²) in [5, 5.41) is 2.95. The minimum atomic E-state index is -3.48. The maximum atomic E-state index is 13.0. The highest BCUT2D eigenvalue weighted by Crippen LogP contribution is 2.26. The molecule has 0 unspecified atom stereocenters. The van der Waals surface area contributed by atoms with Gasteiger partial charge in [0.2, 0.25) is 10.0 Å². The average Bonchev–Trinajstić information content (AvgIpc) is 2.85. The van der Waals surface area contributed by atoms with Gasteiger partial charge in [0.05, 0.1) is 18.5 Å². The first-order valence-corrected chi connectivity index (χ1v) is 13.2. The Kier molecular flexibility index (Phi) is 7.03. The Morgan fingerprint density at radius 2 is 1.46 bits per heavy atom. The van der Waals surface area contributed by atoms with Crippen LogP contribution < -0.4 is 9.62 Å². The van der Waals surface area contributed by atoms with Gasteiger partial charge in [-0.3, -0.25) is 9.10 Å². The zero-order valence-electron chi connectivity index (χ0n) is 20.0. The van der Waals surface area contributed by atoms with Crippen molar-refractivity contribution in [2.45, 2.75) is 20.4 Å². The lowest BCUT2D eigenvalue weighted by Crippen LogP contribution is -2.29. The molecule has 4 rings (SSSR count). The fraction of sp³-hybridized carbons (Fsp3) is 0.138. The summed E-state index contributed by atoms with van der Waals surface area (Å²) in [7, 11) is -3.48. The molecule has 0 saturated heterocycles. The second-order valence-electron chi connectivity index (χ2n) is 8.60. The number of carbonyl (C=O) groups is 1. The molecule has 0 spiro atoms. The van der Waals surface area contributed by atoms with Crippen molar-refractivity contribution in [3.8, 4) is 11.1 Å². The molecule has 178 valence electrons. The summed E-state index contributed by atoms with van der Waals surface area (Å²) in [6.45, 7) is 4.16. The predicted octanol–water partition coefficient (Wildman–Crippen LogP) is 6.19. The van der Waals surface area contributed by atoms with Crippen molar-refractivity contribution < 1.29 is 13.2 Å². The van der Waals surface area contributed by atoms with Gasteiger partial charge in [0.1, 0.15) is 0 Å². The third-order valence-corrected chi connectivity index (χ3v) is 7.11. The first-order valence-electron chi connectivity index (χ1n) is 11.3. The number of hydrogen-bond donors (Lipinski definition) is 1. The fourth-order valence-electron chi connectivity index (χ4n) is 3.89. The number of nitrogens with zero attached hydrogens (tertiary/aromatic N) is 1. The third kappa shape index (κ3) is 5.78. The van der Waals surface area contributed by atoms with E-state index in [1.165, 1.54) is 10.6 Å². The van der Waals surface area contributed by atoms with Gasteiger partial charge >= 0.3 is 0 Å². The number of nitrogens with one attached hydrogen (secondary N) is 1. The van der Waals surface area contributed by atoms with Crippen LogP contribution in [0.4, 0.5) is 11.4 Å². The van der Waals surface area contributed by atoms with Crippen LogP contribution in [-0.2, 0) is 16.6 Å². The highest BCUT2D eigenvalue weighted by molar-refractivity contribution is 7.92. The molecule has 35 heavy (non-hydrogen) atoms. The van der Waals surface area contributed by atoms with E-state index in [9.17, 15) is 13.2 Å². The Bertz CT molecular complexity index is 1450. The molecule has 1 N–H and O–H groups in total. The number of amides is 1. The fourth-order valence-corrected chi connectivity index (χ4v) is 4.77. The van der Waals surface area contributed by atoms with Gasteiger partial charge in [-0.2, -0.15) is 0 Å². The Hall–Kier alpha value is -3.90. The number of benzene rings is 4. The summed E-state index contributed by atoms with van der Waals surface area (Å²) in [5.74, 6) is -0.204. The normalized spacial score (nSPS) is 11.2. The minimum absolute atomic E-state index is 0.201. The zero-order valence-corrected chi connectivity index (χ0v) is 20.8. The van der Waals surface area contributed by atoms with Crippen LogP contribution in [0.2, 0.25) is 0 Å². The smallest absolute Gasteiger partial charge is 0.256 e. The van der Waals surface area contributed by atoms with E-state index in [1.54, 1.807) is 18.2 Å². The summed E-state index contributed by atoms with van der Waals surface area (Å²) in [4.78, 5) is 13.0. The molecule has 1 amide bonds. The van der Waals surface area contributed by atoms with Crippen LogP contribution >= 0.6 is 0 Å². The zero-order chi connectivity index (χ0) is 25.0. The van der Waals surface area contributed by atoms with Crippen LogP contribution in [-0.4, -0.2) is 20.6 Å². The Labute approximate surface area is 207 Å². The highest BCUT2D eigenvalue weighted by atomic mass is 32.2. The molecule has 0 radical (unpaired) electrons. The first-order chi connectivity index (χ1) is 16.7. The Morgan fingerprint density at radius 3 is 2.11 bits per heavy atom. The SMILES string of the molecule is Cc1ccc(N(Cc2ccc(NC(=O)c3ccccc3-c3ccccc3)cc2)S(C)(=O)=O)cc1C. The number of anilines is 2. The van der Waals surface area contributed by atoms with Crippen LogP contribution in [0, 0.1) is 13.8 Å². The minimum Gasteiger partial charge on any atom is -0.322 e. The standard InChI is InChI=1S/C29H28N2O3S/c1-21-13-18-26(19-22(21)2)31(35(3,33)34)20-23-14-16-25(17-15-23)30-29(32)28-12-8-7-11-27(28)24-9-5-4-6-10-24/h4-19H,20H2,1-3H3,(H,30,32). The van der Waals surface area contributed by atoms with E-state index in [2.05, 4.69) is 5.32 Å². The maximum Gasteiger partial charge on any atom is 0.256 e. The lowest BCUT2D eigenvalue weighted by Gasteiger charge is -2.23. The predicted molar refractivity (Wildman–Crippen MR) is 143 cm³/mol. The van der Waals surface area contributed by atoms with Crippen molar-refractivity contribution >= 4 is 27.3 Å². The number of rotatable bonds is 7. The van der Waals surface area contributed by atoms with E-state index in [0.717, 1.165) is 27.8 Å². The molecule has 0 bridgehead atoms. The van der Waals surface area contributed by atoms with Gasteiger partial charge in [0.15, 0.2) is 0 Å². The molecule has 4 aromatic carbocycles. The molecule has 0 saturated carbocycles. The van der Waals surface area contributed by atoms with Crippen LogP contribution in [0.25, 0.3) is 11.1 Å². The van der Waals surface area contributed by atoms with Gasteiger partial charge in [-0.05, 0) is 72.0 Å². The van der Waals surface area contributed by atoms with E-state index in [1.807, 2.05) is 92.7 Å². The van der Waals surface area contributed by atoms with Crippen LogP contribution in [0.5, 0.6) is 0 Å². The number of hydrogen-bond acceptors (Lipinski definition) is 3. The second kappa shape index (κ2) is 10.2. The summed E-state index contributed by atoms with van der Waals surface area (Å²) in [6.07, 6.45) is 1.21. The molecule has 0 heterocycles. The summed E-state index contributed by atoms with van der Waals surface area (Å²) < 4.78 is 26.4. The molecule has 5 nitrogen and oxygen atoms in total. The van der Waals surface area contributed by atoms with Gasteiger partial charge in [0.25, 0.3) is 5.91 Å². The lowest BCUT2D eigenvalue weighted by molar-refractivity contribution is 0.102. The van der Waals surface area contributed by atoms with E-state index >= 15 is 0 Å². The number of aryl methyl sites for hydroxylation is 2. The third-order valence-electron chi connectivity index (χ3n) is 5.97. The lowest BCUT2D eigenvalue weighted by atomic mass is 9.99. The second-order valence-corrected chi connectivity index (χ2v) is 10.5. The maximum absolute atomic E-state index is 13.0. The molecule has 0 atom stereocenters. The molecule has 0 aromatic heterocycles. The van der Waals surface area contributed by atoms with E-state index in [-0.39, 0.29) is 12.5 Å². The highest BCUT2D eigenvalue weighted by Gasteiger charge is 2.19. The van der Waals surface area contributed by atoms with Crippen LogP contribution in [0.1, 0.15) is 27.0 Å². The van der Waals surface area contributed by atoms with Crippen LogP contribution in [0.15, 0.2) is 97.1 Å². The molecular weight excluding hydrogens is 456 g/mol. The van der Waals surface area contributed by atoms with Crippen molar-refractivity contribution in [3.63, 3.8) is 0 Å². The summed E-state index contributed by atoms with van der Waals surface area (Å²) in [5.41, 5.74) is 6.64. The number of sulfonamides is 1.